The lowest BCUT2D eigenvalue weighted by Gasteiger charge is -2.22. The normalized spacial score (nSPS) is 17.7. The Labute approximate surface area is 122 Å². The molecule has 2 rings (SSSR count). The summed E-state index contributed by atoms with van der Waals surface area (Å²) in [6.45, 7) is 3.26. The lowest BCUT2D eigenvalue weighted by atomic mass is 9.95. The van der Waals surface area contributed by atoms with Crippen molar-refractivity contribution in [3.63, 3.8) is 0 Å². The summed E-state index contributed by atoms with van der Waals surface area (Å²) in [6.07, 6.45) is 10.0. The van der Waals surface area contributed by atoms with Gasteiger partial charge in [-0.1, -0.05) is 48.7 Å². The molecule has 0 aromatic heterocycles. The van der Waals surface area contributed by atoms with Crippen LogP contribution in [0.4, 0.5) is 0 Å². The lowest BCUT2D eigenvalue weighted by Crippen LogP contribution is -2.24. The van der Waals surface area contributed by atoms with Crippen LogP contribution in [0, 0.1) is 0 Å². The van der Waals surface area contributed by atoms with Gasteiger partial charge in [0.15, 0.2) is 0 Å². The van der Waals surface area contributed by atoms with Crippen LogP contribution < -0.4 is 5.32 Å². The van der Waals surface area contributed by atoms with Crippen LogP contribution in [0.1, 0.15) is 57.1 Å². The van der Waals surface area contributed by atoms with Gasteiger partial charge in [-0.05, 0) is 56.3 Å². The average molecular weight is 278 g/mol. The molecule has 1 aromatic rings. The number of halogens is 1. The highest BCUT2D eigenvalue weighted by Gasteiger charge is 2.17. The number of allylic oxidation sites excluding steroid dienone is 1. The van der Waals surface area contributed by atoms with Gasteiger partial charge in [-0.3, -0.25) is 0 Å². The second kappa shape index (κ2) is 7.72. The Morgan fingerprint density at radius 3 is 2.95 bits per heavy atom. The van der Waals surface area contributed by atoms with Crippen LogP contribution in [0.5, 0.6) is 0 Å². The molecule has 0 spiro atoms. The zero-order valence-corrected chi connectivity index (χ0v) is 12.5. The minimum Gasteiger partial charge on any atom is -0.307 e. The molecule has 1 aliphatic rings. The quantitative estimate of drug-likeness (QED) is 0.723. The first kappa shape index (κ1) is 14.6. The summed E-state index contributed by atoms with van der Waals surface area (Å²) in [4.78, 5) is 0. The molecule has 0 fully saturated rings. The summed E-state index contributed by atoms with van der Waals surface area (Å²) in [5.41, 5.74) is 2.85. The van der Waals surface area contributed by atoms with Gasteiger partial charge in [-0.15, -0.1) is 0 Å². The van der Waals surface area contributed by atoms with E-state index in [0.29, 0.717) is 6.04 Å². The summed E-state index contributed by atoms with van der Waals surface area (Å²) >= 11 is 6.15. The molecular weight excluding hydrogens is 254 g/mol. The van der Waals surface area contributed by atoms with Crippen LogP contribution >= 0.6 is 11.6 Å². The standard InChI is InChI=1S/C17H24ClN/c1-2-12-19-17(14-8-5-3-4-6-9-14)15-10-7-11-16(18)13-15/h7-8,10-11,13,17,19H,2-6,9,12H2,1H3. The van der Waals surface area contributed by atoms with Crippen molar-refractivity contribution in [3.8, 4) is 0 Å². The molecule has 0 saturated heterocycles. The molecule has 1 nitrogen and oxygen atoms in total. The van der Waals surface area contributed by atoms with Crippen LogP contribution in [0.3, 0.4) is 0 Å². The fourth-order valence-electron chi connectivity index (χ4n) is 2.74. The van der Waals surface area contributed by atoms with Gasteiger partial charge in [0.2, 0.25) is 0 Å². The molecule has 0 heterocycles. The molecule has 19 heavy (non-hydrogen) atoms. The van der Waals surface area contributed by atoms with Gasteiger partial charge in [-0.25, -0.2) is 0 Å². The van der Waals surface area contributed by atoms with Crippen molar-refractivity contribution in [1.82, 2.24) is 5.32 Å². The van der Waals surface area contributed by atoms with Crippen LogP contribution in [0.25, 0.3) is 0 Å². The maximum Gasteiger partial charge on any atom is 0.0536 e. The molecule has 1 aromatic carbocycles. The highest BCUT2D eigenvalue weighted by Crippen LogP contribution is 2.30. The van der Waals surface area contributed by atoms with Crippen LogP contribution in [0.15, 0.2) is 35.9 Å². The first-order valence-electron chi connectivity index (χ1n) is 7.49. The van der Waals surface area contributed by atoms with Gasteiger partial charge in [0.25, 0.3) is 0 Å². The van der Waals surface area contributed by atoms with Crippen molar-refractivity contribution < 1.29 is 0 Å². The Kier molecular flexibility index (Phi) is 5.93. The van der Waals surface area contributed by atoms with Gasteiger partial charge in [0.1, 0.15) is 0 Å². The molecule has 0 aliphatic heterocycles. The Morgan fingerprint density at radius 1 is 1.26 bits per heavy atom. The zero-order chi connectivity index (χ0) is 13.5. The summed E-state index contributed by atoms with van der Waals surface area (Å²) < 4.78 is 0. The smallest absolute Gasteiger partial charge is 0.0536 e. The van der Waals surface area contributed by atoms with Gasteiger partial charge >= 0.3 is 0 Å². The number of nitrogens with one attached hydrogen (secondary N) is 1. The second-order valence-corrected chi connectivity index (χ2v) is 5.76. The average Bonchev–Trinajstić information content (AvgIpc) is 2.68. The van der Waals surface area contributed by atoms with Crippen molar-refractivity contribution in [2.75, 3.05) is 6.54 Å². The van der Waals surface area contributed by atoms with Crippen molar-refractivity contribution in [2.45, 2.75) is 51.5 Å². The summed E-state index contributed by atoms with van der Waals surface area (Å²) in [6, 6.07) is 8.63. The van der Waals surface area contributed by atoms with Crippen LogP contribution in [-0.4, -0.2) is 6.54 Å². The minimum atomic E-state index is 0.344. The van der Waals surface area contributed by atoms with E-state index >= 15 is 0 Å². The lowest BCUT2D eigenvalue weighted by molar-refractivity contribution is 0.567. The van der Waals surface area contributed by atoms with Gasteiger partial charge in [0, 0.05) is 5.02 Å². The predicted molar refractivity (Wildman–Crippen MR) is 83.7 cm³/mol. The zero-order valence-electron chi connectivity index (χ0n) is 11.8. The van der Waals surface area contributed by atoms with E-state index in [1.807, 2.05) is 6.07 Å². The first-order valence-corrected chi connectivity index (χ1v) is 7.87. The molecule has 0 bridgehead atoms. The Morgan fingerprint density at radius 2 is 2.16 bits per heavy atom. The third-order valence-electron chi connectivity index (χ3n) is 3.73. The number of benzene rings is 1. The highest BCUT2D eigenvalue weighted by molar-refractivity contribution is 6.30. The molecule has 1 atom stereocenters. The third-order valence-corrected chi connectivity index (χ3v) is 3.96. The van der Waals surface area contributed by atoms with E-state index in [1.54, 1.807) is 5.57 Å². The van der Waals surface area contributed by atoms with E-state index in [4.69, 9.17) is 11.6 Å². The van der Waals surface area contributed by atoms with Crippen molar-refractivity contribution in [2.24, 2.45) is 0 Å². The van der Waals surface area contributed by atoms with Gasteiger partial charge < -0.3 is 5.32 Å². The van der Waals surface area contributed by atoms with Gasteiger partial charge in [-0.2, -0.15) is 0 Å². The van der Waals surface area contributed by atoms with Crippen molar-refractivity contribution in [1.29, 1.82) is 0 Å². The molecule has 1 N–H and O–H groups in total. The summed E-state index contributed by atoms with van der Waals surface area (Å²) in [5, 5.41) is 4.51. The summed E-state index contributed by atoms with van der Waals surface area (Å²) in [5.74, 6) is 0. The Bertz CT molecular complexity index is 425. The third kappa shape index (κ3) is 4.36. The predicted octanol–water partition coefficient (Wildman–Crippen LogP) is 5.27. The number of hydrogen-bond donors (Lipinski definition) is 1. The monoisotopic (exact) mass is 277 g/mol. The molecular formula is C17H24ClN. The van der Waals surface area contributed by atoms with Crippen molar-refractivity contribution >= 4 is 11.6 Å². The molecule has 2 heteroatoms. The van der Waals surface area contributed by atoms with E-state index in [0.717, 1.165) is 18.0 Å². The minimum absolute atomic E-state index is 0.344. The molecule has 104 valence electrons. The SMILES string of the molecule is CCCNC(C1=CCCCCC1)c1cccc(Cl)c1. The van der Waals surface area contributed by atoms with Crippen LogP contribution in [0.2, 0.25) is 5.02 Å². The van der Waals surface area contributed by atoms with Gasteiger partial charge in [0.05, 0.1) is 6.04 Å². The Hall–Kier alpha value is -0.790. The molecule has 0 amide bonds. The largest absolute Gasteiger partial charge is 0.307 e. The molecule has 0 radical (unpaired) electrons. The van der Waals surface area contributed by atoms with E-state index < -0.39 is 0 Å². The highest BCUT2D eigenvalue weighted by atomic mass is 35.5. The van der Waals surface area contributed by atoms with Crippen LogP contribution in [-0.2, 0) is 0 Å². The molecule has 0 saturated carbocycles. The maximum atomic E-state index is 6.15. The Balaban J connectivity index is 2.21. The van der Waals surface area contributed by atoms with Crippen molar-refractivity contribution in [3.05, 3.63) is 46.5 Å². The van der Waals surface area contributed by atoms with E-state index in [2.05, 4.69) is 36.5 Å². The second-order valence-electron chi connectivity index (χ2n) is 5.32. The molecule has 1 unspecified atom stereocenters. The fourth-order valence-corrected chi connectivity index (χ4v) is 2.94. The van der Waals surface area contributed by atoms with E-state index in [-0.39, 0.29) is 0 Å². The number of hydrogen-bond acceptors (Lipinski definition) is 1. The topological polar surface area (TPSA) is 12.0 Å². The fraction of sp³-hybridized carbons (Fsp3) is 0.529. The molecule has 1 aliphatic carbocycles. The maximum absolute atomic E-state index is 6.15. The van der Waals surface area contributed by atoms with E-state index in [1.165, 1.54) is 37.7 Å². The first-order chi connectivity index (χ1) is 9.31. The number of rotatable bonds is 5. The summed E-state index contributed by atoms with van der Waals surface area (Å²) in [7, 11) is 0. The van der Waals surface area contributed by atoms with E-state index in [9.17, 15) is 0 Å².